The van der Waals surface area contributed by atoms with Crippen molar-refractivity contribution < 1.29 is 23.4 Å². The quantitative estimate of drug-likeness (QED) is 0.707. The lowest BCUT2D eigenvalue weighted by molar-refractivity contribution is 0.102. The second-order valence-corrected chi connectivity index (χ2v) is 6.00. The standard InChI is InChI=1S/C18H14BFN2O4/c1-10-16(17(22-26-10)11-2-5-13(20)6-3-11)18(23)21-14-7-4-12-9-25-19(24)15(12)8-14/h2-8,24H,9H2,1H3,(H,21,23). The molecule has 0 saturated heterocycles. The molecule has 0 radical (unpaired) electrons. The molecule has 1 aliphatic rings. The predicted octanol–water partition coefficient (Wildman–Crippen LogP) is 2.26. The van der Waals surface area contributed by atoms with E-state index in [4.69, 9.17) is 9.18 Å². The van der Waals surface area contributed by atoms with Crippen LogP contribution >= 0.6 is 0 Å². The van der Waals surface area contributed by atoms with Crippen molar-refractivity contribution in [1.82, 2.24) is 5.16 Å². The maximum Gasteiger partial charge on any atom is 0.491 e. The summed E-state index contributed by atoms with van der Waals surface area (Å²) in [6, 6.07) is 10.9. The van der Waals surface area contributed by atoms with Crippen LogP contribution in [0.2, 0.25) is 0 Å². The highest BCUT2D eigenvalue weighted by molar-refractivity contribution is 6.61. The second-order valence-electron chi connectivity index (χ2n) is 6.00. The number of hydrogen-bond donors (Lipinski definition) is 2. The predicted molar refractivity (Wildman–Crippen MR) is 93.4 cm³/mol. The van der Waals surface area contributed by atoms with E-state index >= 15 is 0 Å². The van der Waals surface area contributed by atoms with E-state index in [-0.39, 0.29) is 11.4 Å². The molecule has 0 saturated carbocycles. The zero-order valence-corrected chi connectivity index (χ0v) is 13.8. The molecule has 2 aromatic carbocycles. The van der Waals surface area contributed by atoms with Crippen LogP contribution in [0.3, 0.4) is 0 Å². The van der Waals surface area contributed by atoms with Crippen LogP contribution in [0.1, 0.15) is 21.7 Å². The number of carbonyl (C=O) groups is 1. The molecule has 0 fully saturated rings. The largest absolute Gasteiger partial charge is 0.491 e. The fraction of sp³-hybridized carbons (Fsp3) is 0.111. The molecule has 4 rings (SSSR count). The first kappa shape index (κ1) is 16.5. The highest BCUT2D eigenvalue weighted by Gasteiger charge is 2.28. The molecule has 1 amide bonds. The summed E-state index contributed by atoms with van der Waals surface area (Å²) in [6.07, 6.45) is 0. The number of benzene rings is 2. The lowest BCUT2D eigenvalue weighted by atomic mass is 9.79. The van der Waals surface area contributed by atoms with Crippen molar-refractivity contribution in [3.05, 3.63) is 65.2 Å². The minimum Gasteiger partial charge on any atom is -0.423 e. The highest BCUT2D eigenvalue weighted by atomic mass is 19.1. The van der Waals surface area contributed by atoms with Crippen molar-refractivity contribution in [2.45, 2.75) is 13.5 Å². The van der Waals surface area contributed by atoms with E-state index < -0.39 is 13.0 Å². The van der Waals surface area contributed by atoms with Gasteiger partial charge >= 0.3 is 7.12 Å². The van der Waals surface area contributed by atoms with Crippen molar-refractivity contribution in [1.29, 1.82) is 0 Å². The summed E-state index contributed by atoms with van der Waals surface area (Å²) in [5.74, 6) is -0.429. The molecule has 130 valence electrons. The molecule has 2 N–H and O–H groups in total. The summed E-state index contributed by atoms with van der Waals surface area (Å²) in [5, 5.41) is 16.5. The van der Waals surface area contributed by atoms with Crippen LogP contribution in [0.5, 0.6) is 0 Å². The Balaban J connectivity index is 1.64. The van der Waals surface area contributed by atoms with Crippen LogP contribution in [0, 0.1) is 12.7 Å². The lowest BCUT2D eigenvalue weighted by Gasteiger charge is -2.08. The van der Waals surface area contributed by atoms with Crippen LogP contribution in [0.4, 0.5) is 10.1 Å². The molecule has 0 spiro atoms. The number of halogens is 1. The van der Waals surface area contributed by atoms with Gasteiger partial charge in [-0.2, -0.15) is 0 Å². The third-order valence-corrected chi connectivity index (χ3v) is 4.27. The van der Waals surface area contributed by atoms with Crippen molar-refractivity contribution in [2.24, 2.45) is 0 Å². The number of nitrogens with zero attached hydrogens (tertiary/aromatic N) is 1. The van der Waals surface area contributed by atoms with Gasteiger partial charge in [-0.1, -0.05) is 11.2 Å². The Morgan fingerprint density at radius 2 is 2.04 bits per heavy atom. The first-order valence-corrected chi connectivity index (χ1v) is 7.99. The Morgan fingerprint density at radius 1 is 1.27 bits per heavy atom. The number of fused-ring (bicyclic) bond motifs is 1. The molecule has 6 nitrogen and oxygen atoms in total. The van der Waals surface area contributed by atoms with Gasteiger partial charge < -0.3 is 19.5 Å². The van der Waals surface area contributed by atoms with Gasteiger partial charge in [0.25, 0.3) is 5.91 Å². The second kappa shape index (κ2) is 6.40. The van der Waals surface area contributed by atoms with Gasteiger partial charge in [-0.3, -0.25) is 4.79 Å². The average molecular weight is 352 g/mol. The van der Waals surface area contributed by atoms with Gasteiger partial charge in [-0.15, -0.1) is 0 Å². The first-order chi connectivity index (χ1) is 12.5. The van der Waals surface area contributed by atoms with E-state index in [0.29, 0.717) is 34.8 Å². The zero-order valence-electron chi connectivity index (χ0n) is 13.8. The average Bonchev–Trinajstić information content (AvgIpc) is 3.19. The smallest absolute Gasteiger partial charge is 0.423 e. The molecule has 26 heavy (non-hydrogen) atoms. The maximum absolute atomic E-state index is 13.1. The molecular formula is C18H14BFN2O4. The minimum atomic E-state index is -0.992. The molecule has 3 aromatic rings. The SMILES string of the molecule is Cc1onc(-c2ccc(F)cc2)c1C(=O)Nc1ccc2c(c1)B(O)OC2. The summed E-state index contributed by atoms with van der Waals surface area (Å²) < 4.78 is 23.5. The topological polar surface area (TPSA) is 84.6 Å². The van der Waals surface area contributed by atoms with Gasteiger partial charge in [0.2, 0.25) is 0 Å². The van der Waals surface area contributed by atoms with Crippen molar-refractivity contribution in [2.75, 3.05) is 5.32 Å². The number of aromatic nitrogens is 1. The Hall–Kier alpha value is -2.97. The number of hydrogen-bond acceptors (Lipinski definition) is 5. The van der Waals surface area contributed by atoms with E-state index in [2.05, 4.69) is 10.5 Å². The Bertz CT molecular complexity index is 987. The number of nitrogens with one attached hydrogen (secondary N) is 1. The van der Waals surface area contributed by atoms with E-state index in [1.165, 1.54) is 24.3 Å². The van der Waals surface area contributed by atoms with Crippen LogP contribution in [0.25, 0.3) is 11.3 Å². The van der Waals surface area contributed by atoms with Crippen LogP contribution in [-0.4, -0.2) is 23.2 Å². The van der Waals surface area contributed by atoms with Crippen molar-refractivity contribution >= 4 is 24.2 Å². The normalized spacial score (nSPS) is 13.0. The van der Waals surface area contributed by atoms with Gasteiger partial charge in [0, 0.05) is 11.3 Å². The molecule has 1 aliphatic heterocycles. The Kier molecular flexibility index (Phi) is 4.06. The fourth-order valence-corrected chi connectivity index (χ4v) is 2.93. The van der Waals surface area contributed by atoms with E-state index in [1.54, 1.807) is 25.1 Å². The molecule has 2 heterocycles. The molecule has 0 bridgehead atoms. The summed E-state index contributed by atoms with van der Waals surface area (Å²) in [4.78, 5) is 12.8. The number of anilines is 1. The summed E-state index contributed by atoms with van der Waals surface area (Å²) >= 11 is 0. The fourth-order valence-electron chi connectivity index (χ4n) is 2.93. The summed E-state index contributed by atoms with van der Waals surface area (Å²) in [6.45, 7) is 1.97. The monoisotopic (exact) mass is 352 g/mol. The van der Waals surface area contributed by atoms with E-state index in [0.717, 1.165) is 5.56 Å². The number of aryl methyl sites for hydroxylation is 1. The highest BCUT2D eigenvalue weighted by Crippen LogP contribution is 2.26. The zero-order chi connectivity index (χ0) is 18.3. The number of amides is 1. The third kappa shape index (κ3) is 2.89. The van der Waals surface area contributed by atoms with E-state index in [1.807, 2.05) is 0 Å². The minimum absolute atomic E-state index is 0.272. The summed E-state index contributed by atoms with van der Waals surface area (Å²) in [7, 11) is -0.992. The molecule has 0 aliphatic carbocycles. The van der Waals surface area contributed by atoms with Crippen LogP contribution in [-0.2, 0) is 11.3 Å². The number of carbonyl (C=O) groups excluding carboxylic acids is 1. The molecule has 0 atom stereocenters. The summed E-state index contributed by atoms with van der Waals surface area (Å²) in [5.41, 5.74) is 3.21. The Labute approximate surface area is 148 Å². The van der Waals surface area contributed by atoms with Gasteiger partial charge in [0.15, 0.2) is 0 Å². The number of rotatable bonds is 3. The van der Waals surface area contributed by atoms with Gasteiger partial charge in [-0.25, -0.2) is 4.39 Å². The van der Waals surface area contributed by atoms with Gasteiger partial charge in [0.1, 0.15) is 22.8 Å². The van der Waals surface area contributed by atoms with Crippen LogP contribution < -0.4 is 10.8 Å². The Morgan fingerprint density at radius 3 is 2.81 bits per heavy atom. The third-order valence-electron chi connectivity index (χ3n) is 4.27. The van der Waals surface area contributed by atoms with Crippen molar-refractivity contribution in [3.8, 4) is 11.3 Å². The molecule has 8 heteroatoms. The van der Waals surface area contributed by atoms with Crippen LogP contribution in [0.15, 0.2) is 47.0 Å². The molecular weight excluding hydrogens is 338 g/mol. The maximum atomic E-state index is 13.1. The van der Waals surface area contributed by atoms with Crippen molar-refractivity contribution in [3.63, 3.8) is 0 Å². The van der Waals surface area contributed by atoms with E-state index in [9.17, 15) is 14.2 Å². The molecule has 1 aromatic heterocycles. The lowest BCUT2D eigenvalue weighted by Crippen LogP contribution is -2.28. The van der Waals surface area contributed by atoms with Gasteiger partial charge in [0.05, 0.1) is 6.61 Å². The van der Waals surface area contributed by atoms with Gasteiger partial charge in [-0.05, 0) is 54.3 Å². The molecule has 0 unspecified atom stereocenters. The first-order valence-electron chi connectivity index (χ1n) is 7.99.